The quantitative estimate of drug-likeness (QED) is 0.808. The minimum Gasteiger partial charge on any atom is -0.385 e. The fraction of sp³-hybridized carbons (Fsp3) is 0.385. The van der Waals surface area contributed by atoms with E-state index >= 15 is 0 Å². The molecule has 0 saturated heterocycles. The first-order chi connectivity index (χ1) is 8.33. The maximum Gasteiger partial charge on any atom is 0.0636 e. The largest absolute Gasteiger partial charge is 0.385 e. The Morgan fingerprint density at radius 2 is 2.18 bits per heavy atom. The van der Waals surface area contributed by atoms with Gasteiger partial charge in [0.1, 0.15) is 0 Å². The van der Waals surface area contributed by atoms with E-state index < -0.39 is 0 Å². The first-order valence-corrected chi connectivity index (χ1v) is 6.88. The summed E-state index contributed by atoms with van der Waals surface area (Å²) in [4.78, 5) is 1.21. The van der Waals surface area contributed by atoms with Gasteiger partial charge in [-0.2, -0.15) is 0 Å². The highest BCUT2D eigenvalue weighted by molar-refractivity contribution is 7.19. The SMILES string of the molecule is COCCCNCc1sc2ccccc2c1Cl. The summed E-state index contributed by atoms with van der Waals surface area (Å²) in [5, 5.41) is 5.44. The summed E-state index contributed by atoms with van der Waals surface area (Å²) in [5.74, 6) is 0. The molecule has 0 atom stereocenters. The van der Waals surface area contributed by atoms with Gasteiger partial charge in [-0.15, -0.1) is 11.3 Å². The van der Waals surface area contributed by atoms with Crippen molar-refractivity contribution in [1.29, 1.82) is 0 Å². The van der Waals surface area contributed by atoms with Gasteiger partial charge in [0, 0.05) is 35.2 Å². The van der Waals surface area contributed by atoms with E-state index in [2.05, 4.69) is 17.4 Å². The lowest BCUT2D eigenvalue weighted by molar-refractivity contribution is 0.194. The van der Waals surface area contributed by atoms with Gasteiger partial charge in [-0.25, -0.2) is 0 Å². The number of halogens is 1. The van der Waals surface area contributed by atoms with Crippen LogP contribution >= 0.6 is 22.9 Å². The van der Waals surface area contributed by atoms with Crippen LogP contribution in [0.1, 0.15) is 11.3 Å². The van der Waals surface area contributed by atoms with Gasteiger partial charge in [0.05, 0.1) is 5.02 Å². The molecule has 0 unspecified atom stereocenters. The Hall–Kier alpha value is -0.610. The van der Waals surface area contributed by atoms with E-state index in [4.69, 9.17) is 16.3 Å². The number of hydrogen-bond acceptors (Lipinski definition) is 3. The Kier molecular flexibility index (Phi) is 4.80. The second-order valence-corrected chi connectivity index (χ2v) is 5.37. The lowest BCUT2D eigenvalue weighted by Gasteiger charge is -2.02. The third-order valence-corrected chi connectivity index (χ3v) is 4.30. The van der Waals surface area contributed by atoms with Crippen molar-refractivity contribution >= 4 is 33.0 Å². The molecule has 1 N–H and O–H groups in total. The molecule has 1 aromatic heterocycles. The van der Waals surface area contributed by atoms with Crippen LogP contribution in [0.5, 0.6) is 0 Å². The van der Waals surface area contributed by atoms with Crippen LogP contribution in [0.3, 0.4) is 0 Å². The highest BCUT2D eigenvalue weighted by Crippen LogP contribution is 2.34. The van der Waals surface area contributed by atoms with Crippen molar-refractivity contribution in [3.05, 3.63) is 34.2 Å². The second kappa shape index (κ2) is 6.36. The summed E-state index contributed by atoms with van der Waals surface area (Å²) in [5.41, 5.74) is 0. The van der Waals surface area contributed by atoms with Gasteiger partial charge in [0.2, 0.25) is 0 Å². The predicted octanol–water partition coefficient (Wildman–Crippen LogP) is 3.68. The van der Waals surface area contributed by atoms with Crippen LogP contribution in [0.4, 0.5) is 0 Å². The number of thiophene rings is 1. The number of benzene rings is 1. The molecule has 0 aliphatic carbocycles. The third kappa shape index (κ3) is 3.19. The van der Waals surface area contributed by atoms with Crippen LogP contribution in [0.2, 0.25) is 5.02 Å². The van der Waals surface area contributed by atoms with Crippen molar-refractivity contribution in [2.24, 2.45) is 0 Å². The Morgan fingerprint density at radius 1 is 1.35 bits per heavy atom. The number of fused-ring (bicyclic) bond motifs is 1. The van der Waals surface area contributed by atoms with Crippen LogP contribution in [0, 0.1) is 0 Å². The molecule has 0 bridgehead atoms. The topological polar surface area (TPSA) is 21.3 Å². The maximum absolute atomic E-state index is 6.34. The number of hydrogen-bond donors (Lipinski definition) is 1. The first kappa shape index (κ1) is 12.8. The molecule has 0 amide bonds. The molecule has 17 heavy (non-hydrogen) atoms. The summed E-state index contributed by atoms with van der Waals surface area (Å²) >= 11 is 8.10. The van der Waals surface area contributed by atoms with Crippen molar-refractivity contribution in [3.8, 4) is 0 Å². The summed E-state index contributed by atoms with van der Waals surface area (Å²) in [6, 6.07) is 8.25. The Balaban J connectivity index is 1.97. The molecule has 0 saturated carbocycles. The number of ether oxygens (including phenoxy) is 1. The molecule has 2 nitrogen and oxygen atoms in total. The molecule has 4 heteroatoms. The van der Waals surface area contributed by atoms with E-state index in [-0.39, 0.29) is 0 Å². The molecule has 0 aliphatic rings. The molecule has 2 rings (SSSR count). The van der Waals surface area contributed by atoms with E-state index in [0.717, 1.165) is 36.5 Å². The molecule has 1 heterocycles. The number of methoxy groups -OCH3 is 1. The first-order valence-electron chi connectivity index (χ1n) is 5.68. The monoisotopic (exact) mass is 269 g/mol. The van der Waals surface area contributed by atoms with Crippen molar-refractivity contribution < 1.29 is 4.74 Å². The predicted molar refractivity (Wildman–Crippen MR) is 75.0 cm³/mol. The summed E-state index contributed by atoms with van der Waals surface area (Å²) in [6.07, 6.45) is 1.03. The molecular weight excluding hydrogens is 254 g/mol. The van der Waals surface area contributed by atoms with Crippen LogP contribution in [0.25, 0.3) is 10.1 Å². The fourth-order valence-electron chi connectivity index (χ4n) is 1.72. The summed E-state index contributed by atoms with van der Waals surface area (Å²) < 4.78 is 6.26. The maximum atomic E-state index is 6.34. The Morgan fingerprint density at radius 3 is 2.94 bits per heavy atom. The van der Waals surface area contributed by atoms with Crippen LogP contribution < -0.4 is 5.32 Å². The van der Waals surface area contributed by atoms with Gasteiger partial charge in [-0.05, 0) is 19.0 Å². The highest BCUT2D eigenvalue weighted by Gasteiger charge is 2.08. The average Bonchev–Trinajstić information content (AvgIpc) is 2.67. The Labute approximate surface area is 111 Å². The molecule has 0 fully saturated rings. The van der Waals surface area contributed by atoms with Crippen LogP contribution in [0.15, 0.2) is 24.3 Å². The molecule has 92 valence electrons. The molecule has 2 aromatic rings. The smallest absolute Gasteiger partial charge is 0.0636 e. The highest BCUT2D eigenvalue weighted by atomic mass is 35.5. The summed E-state index contributed by atoms with van der Waals surface area (Å²) in [7, 11) is 1.73. The third-order valence-electron chi connectivity index (χ3n) is 2.59. The normalized spacial score (nSPS) is 11.2. The van der Waals surface area contributed by atoms with Crippen molar-refractivity contribution in [2.75, 3.05) is 20.3 Å². The van der Waals surface area contributed by atoms with Crippen molar-refractivity contribution in [2.45, 2.75) is 13.0 Å². The zero-order valence-electron chi connectivity index (χ0n) is 9.83. The minimum absolute atomic E-state index is 0.799. The van der Waals surface area contributed by atoms with Crippen molar-refractivity contribution in [3.63, 3.8) is 0 Å². The standard InChI is InChI=1S/C13H16ClNOS/c1-16-8-4-7-15-9-12-13(14)10-5-2-3-6-11(10)17-12/h2-3,5-6,15H,4,7-9H2,1H3. The van der Waals surface area contributed by atoms with E-state index in [1.54, 1.807) is 18.4 Å². The molecule has 0 spiro atoms. The zero-order valence-corrected chi connectivity index (χ0v) is 11.4. The van der Waals surface area contributed by atoms with Gasteiger partial charge in [-0.3, -0.25) is 0 Å². The van der Waals surface area contributed by atoms with Crippen LogP contribution in [-0.4, -0.2) is 20.3 Å². The van der Waals surface area contributed by atoms with E-state index in [1.807, 2.05) is 12.1 Å². The van der Waals surface area contributed by atoms with Gasteiger partial charge < -0.3 is 10.1 Å². The molecule has 1 aromatic carbocycles. The number of nitrogens with one attached hydrogen (secondary N) is 1. The van der Waals surface area contributed by atoms with E-state index in [9.17, 15) is 0 Å². The number of rotatable bonds is 6. The lowest BCUT2D eigenvalue weighted by Crippen LogP contribution is -2.15. The Bertz CT molecular complexity index is 483. The second-order valence-electron chi connectivity index (χ2n) is 3.86. The van der Waals surface area contributed by atoms with Gasteiger partial charge in [-0.1, -0.05) is 29.8 Å². The lowest BCUT2D eigenvalue weighted by atomic mass is 10.2. The average molecular weight is 270 g/mol. The van der Waals surface area contributed by atoms with Gasteiger partial charge in [0.25, 0.3) is 0 Å². The minimum atomic E-state index is 0.799. The zero-order chi connectivity index (χ0) is 12.1. The molecule has 0 aliphatic heterocycles. The van der Waals surface area contributed by atoms with Gasteiger partial charge in [0.15, 0.2) is 0 Å². The molecular formula is C13H16ClNOS. The molecule has 0 radical (unpaired) electrons. The van der Waals surface area contributed by atoms with Gasteiger partial charge >= 0.3 is 0 Å². The van der Waals surface area contributed by atoms with Crippen LogP contribution in [-0.2, 0) is 11.3 Å². The van der Waals surface area contributed by atoms with E-state index in [0.29, 0.717) is 0 Å². The van der Waals surface area contributed by atoms with Crippen molar-refractivity contribution in [1.82, 2.24) is 5.32 Å². The summed E-state index contributed by atoms with van der Waals surface area (Å²) in [6.45, 7) is 2.59. The fourth-order valence-corrected chi connectivity index (χ4v) is 3.19. The van der Waals surface area contributed by atoms with E-state index in [1.165, 1.54) is 9.58 Å².